The first kappa shape index (κ1) is 35.5. The Morgan fingerprint density at radius 1 is 0.567 bits per heavy atom. The number of benzene rings is 7. The third-order valence-corrected chi connectivity index (χ3v) is 12.1. The smallest absolute Gasteiger partial charge is 0.227 e. The molecule has 0 spiro atoms. The van der Waals surface area contributed by atoms with Crippen LogP contribution >= 0.6 is 0 Å². The number of anilines is 6. The van der Waals surface area contributed by atoms with Crippen LogP contribution in [0, 0.1) is 6.92 Å². The monoisotopic (exact) mass is 776 g/mol. The van der Waals surface area contributed by atoms with Crippen LogP contribution in [0.3, 0.4) is 0 Å². The van der Waals surface area contributed by atoms with Crippen LogP contribution < -0.4 is 9.80 Å². The van der Waals surface area contributed by atoms with Gasteiger partial charge in [0.25, 0.3) is 0 Å². The molecule has 0 unspecified atom stereocenters. The molecule has 0 atom stereocenters. The average Bonchev–Trinajstić information content (AvgIpc) is 3.91. The largest absolute Gasteiger partial charge is 0.436 e. The van der Waals surface area contributed by atoms with E-state index in [1.807, 2.05) is 6.07 Å². The van der Waals surface area contributed by atoms with Crippen molar-refractivity contribution >= 4 is 90.0 Å². The molecule has 288 valence electrons. The lowest BCUT2D eigenvalue weighted by molar-refractivity contribution is 0.624. The Bertz CT molecular complexity index is 3340. The second kappa shape index (κ2) is 13.7. The summed E-state index contributed by atoms with van der Waals surface area (Å²) in [4.78, 5) is 13.8. The molecule has 0 N–H and O–H groups in total. The zero-order valence-electron chi connectivity index (χ0n) is 33.6. The number of nitrogens with zero attached hydrogens (tertiary/aromatic N) is 4. The molecule has 1 aliphatic carbocycles. The number of pyridine rings is 1. The molecule has 6 heteroatoms. The summed E-state index contributed by atoms with van der Waals surface area (Å²) in [6, 6.07) is 56.0. The van der Waals surface area contributed by atoms with Crippen LogP contribution in [0.2, 0.25) is 0 Å². The van der Waals surface area contributed by atoms with E-state index in [1.165, 1.54) is 27.6 Å². The zero-order valence-corrected chi connectivity index (χ0v) is 33.6. The van der Waals surface area contributed by atoms with Crippen molar-refractivity contribution < 1.29 is 8.83 Å². The number of aromatic nitrogens is 1. The summed E-state index contributed by atoms with van der Waals surface area (Å²) < 4.78 is 13.1. The summed E-state index contributed by atoms with van der Waals surface area (Å²) in [5.74, 6) is 0.578. The van der Waals surface area contributed by atoms with Crippen molar-refractivity contribution in [3.05, 3.63) is 193 Å². The standard InChI is InChI=1S/C54H40N4O2/c1-5-30-55-52-34(2)38-23-14-27-47(50(38)59-52)58(36-19-10-7-11-20-36)48-33-45-49(40-22-13-12-21-39(40)48)43-29-28-37(32-44(43)54(45,3)4)57(35-17-8-6-9-18-35)46-26-15-24-41-42-25-16-31-56-53(42)60-51(41)46/h5-33H,1H2,2-4H3. The molecule has 7 aromatic carbocycles. The highest BCUT2D eigenvalue weighted by Gasteiger charge is 2.39. The van der Waals surface area contributed by atoms with Gasteiger partial charge < -0.3 is 18.6 Å². The normalized spacial score (nSPS) is 13.1. The van der Waals surface area contributed by atoms with Gasteiger partial charge in [0.15, 0.2) is 11.2 Å². The van der Waals surface area contributed by atoms with E-state index in [0.717, 1.165) is 72.4 Å². The average molecular weight is 777 g/mol. The molecule has 0 radical (unpaired) electrons. The second-order valence-corrected chi connectivity index (χ2v) is 15.9. The summed E-state index contributed by atoms with van der Waals surface area (Å²) in [5, 5.41) is 5.40. The van der Waals surface area contributed by atoms with Gasteiger partial charge in [-0.3, -0.25) is 0 Å². The quantitative estimate of drug-likeness (QED) is 0.144. The summed E-state index contributed by atoms with van der Waals surface area (Å²) in [6.07, 6.45) is 5.12. The molecule has 6 nitrogen and oxygen atoms in total. The molecule has 0 saturated carbocycles. The van der Waals surface area contributed by atoms with E-state index in [9.17, 15) is 0 Å². The lowest BCUT2D eigenvalue weighted by atomic mass is 9.81. The third kappa shape index (κ3) is 5.34. The Hall–Kier alpha value is -7.70. The van der Waals surface area contributed by atoms with Gasteiger partial charge in [0, 0.05) is 62.0 Å². The first-order valence-electron chi connectivity index (χ1n) is 20.3. The molecule has 3 aromatic heterocycles. The molecule has 0 aliphatic heterocycles. The topological polar surface area (TPSA) is 58.0 Å². The number of aryl methyl sites for hydroxylation is 1. The fraction of sp³-hybridized carbons (Fsp3) is 0.0741. The van der Waals surface area contributed by atoms with Crippen molar-refractivity contribution in [2.24, 2.45) is 4.99 Å². The highest BCUT2D eigenvalue weighted by atomic mass is 16.4. The molecule has 3 heterocycles. The molecule has 11 rings (SSSR count). The fourth-order valence-corrected chi connectivity index (χ4v) is 9.29. The molecule has 60 heavy (non-hydrogen) atoms. The predicted octanol–water partition coefficient (Wildman–Crippen LogP) is 15.3. The summed E-state index contributed by atoms with van der Waals surface area (Å²) in [6.45, 7) is 10.6. The van der Waals surface area contributed by atoms with Gasteiger partial charge in [-0.25, -0.2) is 9.98 Å². The van der Waals surface area contributed by atoms with Crippen LogP contribution in [0.5, 0.6) is 0 Å². The Kier molecular flexibility index (Phi) is 8.10. The Morgan fingerprint density at radius 2 is 1.20 bits per heavy atom. The Labute approximate surface area is 348 Å². The number of hydrogen-bond acceptors (Lipinski definition) is 6. The highest BCUT2D eigenvalue weighted by Crippen LogP contribution is 2.56. The molecule has 0 saturated heterocycles. The Morgan fingerprint density at radius 3 is 1.95 bits per heavy atom. The van der Waals surface area contributed by atoms with Crippen molar-refractivity contribution in [2.45, 2.75) is 26.2 Å². The van der Waals surface area contributed by atoms with Gasteiger partial charge in [-0.1, -0.05) is 117 Å². The molecule has 0 amide bonds. The van der Waals surface area contributed by atoms with Crippen molar-refractivity contribution in [3.63, 3.8) is 0 Å². The molecular weight excluding hydrogens is 737 g/mol. The number of aliphatic imine (C=N–C) groups is 1. The SMILES string of the molecule is C=CC=Nc1oc2c(N(c3ccccc3)c3cc4c(c5ccccc35)-c3ccc(N(c5ccccc5)c5cccc6c5oc5ncccc56)cc3C4(C)C)cccc2c1C. The number of hydrogen-bond donors (Lipinski definition) is 0. The van der Waals surface area contributed by atoms with Gasteiger partial charge >= 0.3 is 0 Å². The first-order valence-corrected chi connectivity index (χ1v) is 20.3. The number of fused-ring (bicyclic) bond motifs is 9. The fourth-order valence-electron chi connectivity index (χ4n) is 9.29. The van der Waals surface area contributed by atoms with Crippen molar-refractivity contribution in [1.29, 1.82) is 0 Å². The Balaban J connectivity index is 1.12. The van der Waals surface area contributed by atoms with E-state index >= 15 is 0 Å². The summed E-state index contributed by atoms with van der Waals surface area (Å²) in [5.41, 5.74) is 14.0. The van der Waals surface area contributed by atoms with E-state index in [4.69, 9.17) is 8.83 Å². The lowest BCUT2D eigenvalue weighted by Crippen LogP contribution is -2.18. The van der Waals surface area contributed by atoms with Gasteiger partial charge in [0.1, 0.15) is 0 Å². The van der Waals surface area contributed by atoms with Gasteiger partial charge in [-0.2, -0.15) is 0 Å². The maximum absolute atomic E-state index is 6.60. The van der Waals surface area contributed by atoms with E-state index < -0.39 is 0 Å². The molecule has 1 aliphatic rings. The number of allylic oxidation sites excluding steroid dienone is 1. The minimum Gasteiger partial charge on any atom is -0.436 e. The van der Waals surface area contributed by atoms with Gasteiger partial charge in [-0.15, -0.1) is 0 Å². The first-order chi connectivity index (χ1) is 29.4. The minimum atomic E-state index is -0.362. The van der Waals surface area contributed by atoms with Crippen molar-refractivity contribution in [1.82, 2.24) is 4.98 Å². The molecule has 0 bridgehead atoms. The van der Waals surface area contributed by atoms with Crippen molar-refractivity contribution in [2.75, 3.05) is 9.80 Å². The predicted molar refractivity (Wildman–Crippen MR) is 249 cm³/mol. The van der Waals surface area contributed by atoms with E-state index in [1.54, 1.807) is 18.5 Å². The van der Waals surface area contributed by atoms with E-state index in [2.05, 4.69) is 199 Å². The second-order valence-electron chi connectivity index (χ2n) is 15.9. The van der Waals surface area contributed by atoms with Crippen LogP contribution in [-0.2, 0) is 5.41 Å². The highest BCUT2D eigenvalue weighted by molar-refractivity contribution is 6.12. The van der Waals surface area contributed by atoms with Crippen LogP contribution in [0.1, 0.15) is 30.5 Å². The van der Waals surface area contributed by atoms with Crippen LogP contribution in [0.4, 0.5) is 40.0 Å². The lowest BCUT2D eigenvalue weighted by Gasteiger charge is -2.30. The van der Waals surface area contributed by atoms with Gasteiger partial charge in [0.2, 0.25) is 11.6 Å². The summed E-state index contributed by atoms with van der Waals surface area (Å²) in [7, 11) is 0. The molecular formula is C54H40N4O2. The molecule has 0 fully saturated rings. The number of para-hydroxylation sites is 4. The van der Waals surface area contributed by atoms with Crippen LogP contribution in [0.25, 0.3) is 54.9 Å². The van der Waals surface area contributed by atoms with E-state index in [-0.39, 0.29) is 5.41 Å². The number of rotatable bonds is 8. The van der Waals surface area contributed by atoms with Crippen LogP contribution in [-0.4, -0.2) is 11.2 Å². The van der Waals surface area contributed by atoms with Crippen LogP contribution in [0.15, 0.2) is 190 Å². The molecule has 10 aromatic rings. The van der Waals surface area contributed by atoms with Gasteiger partial charge in [-0.05, 0) is 101 Å². The van der Waals surface area contributed by atoms with E-state index in [0.29, 0.717) is 11.6 Å². The zero-order chi connectivity index (χ0) is 40.5. The summed E-state index contributed by atoms with van der Waals surface area (Å²) >= 11 is 0. The third-order valence-electron chi connectivity index (χ3n) is 12.1. The minimum absolute atomic E-state index is 0.362. The maximum atomic E-state index is 6.60. The van der Waals surface area contributed by atoms with Crippen molar-refractivity contribution in [3.8, 4) is 11.1 Å². The number of furan rings is 2. The van der Waals surface area contributed by atoms with Gasteiger partial charge in [0.05, 0.1) is 17.1 Å². The maximum Gasteiger partial charge on any atom is 0.227 e.